The van der Waals surface area contributed by atoms with Crippen molar-refractivity contribution in [3.05, 3.63) is 48.6 Å². The van der Waals surface area contributed by atoms with Crippen LogP contribution < -0.4 is 5.32 Å². The molecule has 0 aromatic rings. The number of amides is 1. The minimum atomic E-state index is -0.879. The number of hydrogen-bond acceptors (Lipinski definition) is 5. The molecule has 0 aliphatic rings. The molecular weight excluding hydrogens is 707 g/mol. The van der Waals surface area contributed by atoms with Crippen molar-refractivity contribution in [1.29, 1.82) is 0 Å². The molecule has 57 heavy (non-hydrogen) atoms. The Morgan fingerprint density at radius 2 is 0.912 bits per heavy atom. The smallest absolute Gasteiger partial charge is 0.305 e. The summed E-state index contributed by atoms with van der Waals surface area (Å²) in [5, 5.41) is 23.0. The minimum absolute atomic E-state index is 0.0306. The Morgan fingerprint density at radius 3 is 1.44 bits per heavy atom. The summed E-state index contributed by atoms with van der Waals surface area (Å²) in [5.74, 6) is -0.181. The maximum atomic E-state index is 12.4. The summed E-state index contributed by atoms with van der Waals surface area (Å²) < 4.78 is 5.42. The van der Waals surface area contributed by atoms with Crippen molar-refractivity contribution < 1.29 is 24.5 Å². The first-order valence-corrected chi connectivity index (χ1v) is 24.4. The van der Waals surface area contributed by atoms with Crippen LogP contribution in [0.5, 0.6) is 0 Å². The van der Waals surface area contributed by atoms with Crippen molar-refractivity contribution in [2.75, 3.05) is 13.2 Å². The van der Waals surface area contributed by atoms with Gasteiger partial charge in [0.15, 0.2) is 0 Å². The normalized spacial score (nSPS) is 13.1. The lowest BCUT2D eigenvalue weighted by Gasteiger charge is -2.19. The van der Waals surface area contributed by atoms with Gasteiger partial charge in [-0.25, -0.2) is 0 Å². The summed E-state index contributed by atoms with van der Waals surface area (Å²) in [6, 6.07) is -0.672. The van der Waals surface area contributed by atoms with Crippen molar-refractivity contribution in [1.82, 2.24) is 5.32 Å². The van der Waals surface area contributed by atoms with Crippen LogP contribution in [0.3, 0.4) is 0 Å². The third kappa shape index (κ3) is 43.2. The van der Waals surface area contributed by atoms with Gasteiger partial charge in [0.2, 0.25) is 5.91 Å². The molecule has 0 aromatic heterocycles. The van der Waals surface area contributed by atoms with E-state index in [1.165, 1.54) is 154 Å². The molecule has 3 N–H and O–H groups in total. The monoisotopic (exact) mass is 800 g/mol. The van der Waals surface area contributed by atoms with Gasteiger partial charge in [-0.2, -0.15) is 0 Å². The Kier molecular flexibility index (Phi) is 44.7. The molecule has 0 rings (SSSR count). The third-order valence-electron chi connectivity index (χ3n) is 10.8. The van der Waals surface area contributed by atoms with E-state index in [2.05, 4.69) is 49.5 Å². The zero-order valence-electron chi connectivity index (χ0n) is 37.6. The number of esters is 1. The van der Waals surface area contributed by atoms with Gasteiger partial charge in [0.1, 0.15) is 0 Å². The molecule has 6 nitrogen and oxygen atoms in total. The second-order valence-corrected chi connectivity index (χ2v) is 16.4. The number of aliphatic hydroxyl groups is 2. The van der Waals surface area contributed by atoms with Crippen LogP contribution in [0.1, 0.15) is 239 Å². The molecule has 0 aliphatic heterocycles. The number of hydrogen-bond donors (Lipinski definition) is 3. The fourth-order valence-corrected chi connectivity index (χ4v) is 7.01. The second-order valence-electron chi connectivity index (χ2n) is 16.4. The number of nitrogens with one attached hydrogen (secondary N) is 1. The highest BCUT2D eigenvalue weighted by Gasteiger charge is 2.17. The van der Waals surface area contributed by atoms with E-state index in [0.29, 0.717) is 25.9 Å². The number of rotatable bonds is 44. The van der Waals surface area contributed by atoms with Gasteiger partial charge in [-0.3, -0.25) is 9.59 Å². The molecule has 1 amide bonds. The first kappa shape index (κ1) is 54.8. The lowest BCUT2D eigenvalue weighted by molar-refractivity contribution is -0.143. The van der Waals surface area contributed by atoms with Gasteiger partial charge in [-0.15, -0.1) is 0 Å². The summed E-state index contributed by atoms with van der Waals surface area (Å²) in [6.07, 6.45) is 56.9. The lowest BCUT2D eigenvalue weighted by atomic mass is 10.0. The molecule has 2 unspecified atom stereocenters. The summed E-state index contributed by atoms with van der Waals surface area (Å²) in [4.78, 5) is 24.3. The number of carbonyl (C=O) groups is 2. The highest BCUT2D eigenvalue weighted by Crippen LogP contribution is 2.14. The third-order valence-corrected chi connectivity index (χ3v) is 10.8. The topological polar surface area (TPSA) is 95.9 Å². The summed E-state index contributed by atoms with van der Waals surface area (Å²) in [5.41, 5.74) is 0. The van der Waals surface area contributed by atoms with Crippen molar-refractivity contribution in [2.45, 2.75) is 251 Å². The lowest BCUT2D eigenvalue weighted by Crippen LogP contribution is -2.45. The molecule has 0 aromatic carbocycles. The number of aliphatic hydroxyl groups excluding tert-OH is 2. The van der Waals surface area contributed by atoms with E-state index >= 15 is 0 Å². The number of unbranched alkanes of at least 4 members (excludes halogenated alkanes) is 27. The average molecular weight is 800 g/mol. The maximum absolute atomic E-state index is 12.4. The Morgan fingerprint density at radius 1 is 0.491 bits per heavy atom. The first-order chi connectivity index (χ1) is 28.0. The van der Waals surface area contributed by atoms with Crippen LogP contribution in [0, 0.1) is 0 Å². The average Bonchev–Trinajstić information content (AvgIpc) is 3.21. The molecule has 0 radical (unpaired) electrons. The van der Waals surface area contributed by atoms with Crippen LogP contribution in [-0.2, 0) is 14.3 Å². The largest absolute Gasteiger partial charge is 0.466 e. The zero-order valence-corrected chi connectivity index (χ0v) is 37.6. The molecular formula is C51H93NO5. The van der Waals surface area contributed by atoms with E-state index in [1.54, 1.807) is 6.08 Å². The molecule has 332 valence electrons. The molecule has 0 aliphatic carbocycles. The van der Waals surface area contributed by atoms with E-state index < -0.39 is 12.1 Å². The van der Waals surface area contributed by atoms with Gasteiger partial charge in [0.25, 0.3) is 0 Å². The molecule has 0 spiro atoms. The van der Waals surface area contributed by atoms with E-state index in [4.69, 9.17) is 4.74 Å². The SMILES string of the molecule is CCCC/C=C\CCCCCCCC(=O)OCCCCCCCC/C=C\C/C=C\CCC(=O)NC(CO)C(O)/C=C/CCCCCCCCCCCCCCCC. The van der Waals surface area contributed by atoms with E-state index in [-0.39, 0.29) is 18.5 Å². The van der Waals surface area contributed by atoms with Crippen LogP contribution in [0.15, 0.2) is 48.6 Å². The van der Waals surface area contributed by atoms with Gasteiger partial charge >= 0.3 is 5.97 Å². The Labute approximate surface area is 353 Å². The number of carbonyl (C=O) groups excluding carboxylic acids is 2. The Bertz CT molecular complexity index is 973. The van der Waals surface area contributed by atoms with Crippen LogP contribution >= 0.6 is 0 Å². The van der Waals surface area contributed by atoms with E-state index in [0.717, 1.165) is 51.4 Å². The molecule has 2 atom stereocenters. The van der Waals surface area contributed by atoms with Crippen LogP contribution in [0.4, 0.5) is 0 Å². The predicted molar refractivity (Wildman–Crippen MR) is 245 cm³/mol. The van der Waals surface area contributed by atoms with Gasteiger partial charge in [-0.1, -0.05) is 204 Å². The molecule has 6 heteroatoms. The highest BCUT2D eigenvalue weighted by molar-refractivity contribution is 5.76. The van der Waals surface area contributed by atoms with Gasteiger partial charge in [0.05, 0.1) is 25.4 Å². The van der Waals surface area contributed by atoms with Crippen molar-refractivity contribution in [3.8, 4) is 0 Å². The fourth-order valence-electron chi connectivity index (χ4n) is 7.01. The molecule has 0 saturated carbocycles. The Hall–Kier alpha value is -2.18. The van der Waals surface area contributed by atoms with Gasteiger partial charge in [-0.05, 0) is 70.6 Å². The van der Waals surface area contributed by atoms with Crippen molar-refractivity contribution in [3.63, 3.8) is 0 Å². The van der Waals surface area contributed by atoms with Crippen LogP contribution in [0.2, 0.25) is 0 Å². The summed E-state index contributed by atoms with van der Waals surface area (Å²) in [6.45, 7) is 4.78. The molecule has 0 saturated heterocycles. The maximum Gasteiger partial charge on any atom is 0.305 e. The van der Waals surface area contributed by atoms with E-state index in [1.807, 2.05) is 12.2 Å². The summed E-state index contributed by atoms with van der Waals surface area (Å²) >= 11 is 0. The van der Waals surface area contributed by atoms with Crippen molar-refractivity contribution >= 4 is 11.9 Å². The minimum Gasteiger partial charge on any atom is -0.466 e. The summed E-state index contributed by atoms with van der Waals surface area (Å²) in [7, 11) is 0. The second kappa shape index (κ2) is 46.5. The quantitative estimate of drug-likeness (QED) is 0.0324. The van der Waals surface area contributed by atoms with Crippen molar-refractivity contribution in [2.24, 2.45) is 0 Å². The predicted octanol–water partition coefficient (Wildman–Crippen LogP) is 14.3. The fraction of sp³-hybridized carbons (Fsp3) is 0.804. The first-order valence-electron chi connectivity index (χ1n) is 24.4. The van der Waals surface area contributed by atoms with Gasteiger partial charge < -0.3 is 20.3 Å². The van der Waals surface area contributed by atoms with Crippen LogP contribution in [-0.4, -0.2) is 47.4 Å². The number of ether oxygens (including phenoxy) is 1. The Balaban J connectivity index is 3.63. The van der Waals surface area contributed by atoms with E-state index in [9.17, 15) is 19.8 Å². The van der Waals surface area contributed by atoms with Crippen LogP contribution in [0.25, 0.3) is 0 Å². The molecule has 0 bridgehead atoms. The molecule has 0 fully saturated rings. The molecule has 0 heterocycles. The van der Waals surface area contributed by atoms with Gasteiger partial charge in [0, 0.05) is 12.8 Å². The number of allylic oxidation sites excluding steroid dienone is 7. The standard InChI is InChI=1S/C51H93NO5/c1-3-5-7-9-11-13-15-16-17-18-20-24-27-31-35-39-43-49(54)48(47-53)52-50(55)44-40-36-32-28-25-21-19-22-26-30-34-38-42-46-57-51(56)45-41-37-33-29-23-14-12-10-8-6-4-2/h10,12,21,25,32,36,39,43,48-49,53-54H,3-9,11,13-20,22-24,26-31,33-35,37-38,40-42,44-47H2,1-2H3,(H,52,55)/b12-10-,25-21-,36-32-,43-39+. The zero-order chi connectivity index (χ0) is 41.5. The highest BCUT2D eigenvalue weighted by atomic mass is 16.5.